The molecular weight excluding hydrogens is 218 g/mol. The smallest absolute Gasteiger partial charge is 0.308 e. The van der Waals surface area contributed by atoms with Crippen molar-refractivity contribution in [3.63, 3.8) is 0 Å². The van der Waals surface area contributed by atoms with E-state index >= 15 is 0 Å². The molecule has 0 N–H and O–H groups in total. The Labute approximate surface area is 98.2 Å². The normalized spacial score (nSPS) is 10.2. The highest BCUT2D eigenvalue weighted by molar-refractivity contribution is 6.07. The van der Waals surface area contributed by atoms with Gasteiger partial charge in [0.2, 0.25) is 0 Å². The zero-order valence-corrected chi connectivity index (χ0v) is 9.56. The summed E-state index contributed by atoms with van der Waals surface area (Å²) in [6.45, 7) is 2.82. The van der Waals surface area contributed by atoms with Crippen molar-refractivity contribution in [1.29, 1.82) is 0 Å². The number of hydrogen-bond acceptors (Lipinski definition) is 4. The first-order chi connectivity index (χ1) is 8.09. The standard InChI is InChI=1S/C13H11NO3/c1-8(15)10-5-6-12(17-9(2)16)13-11(10)4-3-7-14-13/h3-7H,1-2H3. The van der Waals surface area contributed by atoms with Crippen molar-refractivity contribution in [1.82, 2.24) is 4.98 Å². The Balaban J connectivity index is 2.70. The van der Waals surface area contributed by atoms with E-state index in [1.54, 1.807) is 30.5 Å². The van der Waals surface area contributed by atoms with E-state index in [0.717, 1.165) is 0 Å². The average Bonchev–Trinajstić information content (AvgIpc) is 2.28. The van der Waals surface area contributed by atoms with Gasteiger partial charge in [-0.2, -0.15) is 0 Å². The molecule has 4 heteroatoms. The average molecular weight is 229 g/mol. The minimum atomic E-state index is -0.410. The van der Waals surface area contributed by atoms with Gasteiger partial charge >= 0.3 is 5.97 Å². The second kappa shape index (κ2) is 4.33. The van der Waals surface area contributed by atoms with Crippen LogP contribution < -0.4 is 4.74 Å². The summed E-state index contributed by atoms with van der Waals surface area (Å²) in [6, 6.07) is 6.76. The number of benzene rings is 1. The molecule has 2 rings (SSSR count). The van der Waals surface area contributed by atoms with Crippen LogP contribution in [0.2, 0.25) is 0 Å². The molecule has 4 nitrogen and oxygen atoms in total. The van der Waals surface area contributed by atoms with Gasteiger partial charge in [0.25, 0.3) is 0 Å². The molecule has 17 heavy (non-hydrogen) atoms. The van der Waals surface area contributed by atoms with Gasteiger partial charge in [-0.15, -0.1) is 0 Å². The van der Waals surface area contributed by atoms with Crippen LogP contribution in [-0.4, -0.2) is 16.7 Å². The molecule has 2 aromatic rings. The number of carbonyl (C=O) groups is 2. The van der Waals surface area contributed by atoms with Crippen molar-refractivity contribution in [3.05, 3.63) is 36.0 Å². The van der Waals surface area contributed by atoms with E-state index in [1.807, 2.05) is 0 Å². The zero-order valence-electron chi connectivity index (χ0n) is 9.56. The molecule has 0 amide bonds. The third-order valence-corrected chi connectivity index (χ3v) is 2.37. The van der Waals surface area contributed by atoms with E-state index in [0.29, 0.717) is 22.2 Å². The van der Waals surface area contributed by atoms with Gasteiger partial charge in [0.1, 0.15) is 5.52 Å². The minimum absolute atomic E-state index is 0.0441. The Morgan fingerprint density at radius 1 is 1.18 bits per heavy atom. The number of ether oxygens (including phenoxy) is 1. The summed E-state index contributed by atoms with van der Waals surface area (Å²) in [6.07, 6.45) is 1.60. The predicted molar refractivity (Wildman–Crippen MR) is 63.1 cm³/mol. The molecule has 1 aromatic carbocycles. The number of aromatic nitrogens is 1. The maximum atomic E-state index is 11.5. The van der Waals surface area contributed by atoms with Crippen LogP contribution >= 0.6 is 0 Å². The maximum Gasteiger partial charge on any atom is 0.308 e. The van der Waals surface area contributed by atoms with Crippen LogP contribution in [0.5, 0.6) is 5.75 Å². The number of Topliss-reactive ketones (excluding diaryl/α,β-unsaturated/α-hetero) is 1. The number of fused-ring (bicyclic) bond motifs is 1. The van der Waals surface area contributed by atoms with Crippen LogP contribution in [0, 0.1) is 0 Å². The summed E-state index contributed by atoms with van der Waals surface area (Å²) in [5, 5.41) is 0.693. The van der Waals surface area contributed by atoms with E-state index in [9.17, 15) is 9.59 Å². The quantitative estimate of drug-likeness (QED) is 0.450. The lowest BCUT2D eigenvalue weighted by Gasteiger charge is -2.07. The van der Waals surface area contributed by atoms with Crippen molar-refractivity contribution in [3.8, 4) is 5.75 Å². The summed E-state index contributed by atoms with van der Waals surface area (Å²) in [5.74, 6) is -0.0806. The van der Waals surface area contributed by atoms with Gasteiger partial charge in [-0.25, -0.2) is 0 Å². The number of carbonyl (C=O) groups excluding carboxylic acids is 2. The predicted octanol–water partition coefficient (Wildman–Crippen LogP) is 2.36. The molecule has 0 bridgehead atoms. The maximum absolute atomic E-state index is 11.5. The Hall–Kier alpha value is -2.23. The fraction of sp³-hybridized carbons (Fsp3) is 0.154. The molecule has 1 heterocycles. The molecule has 0 radical (unpaired) electrons. The van der Waals surface area contributed by atoms with Crippen LogP contribution in [0.4, 0.5) is 0 Å². The molecule has 0 unspecified atom stereocenters. The number of hydrogen-bond donors (Lipinski definition) is 0. The third kappa shape index (κ3) is 2.15. The van der Waals surface area contributed by atoms with Crippen molar-refractivity contribution in [2.45, 2.75) is 13.8 Å². The van der Waals surface area contributed by atoms with Crippen LogP contribution in [0.15, 0.2) is 30.5 Å². The van der Waals surface area contributed by atoms with Crippen molar-refractivity contribution in [2.24, 2.45) is 0 Å². The number of ketones is 1. The highest BCUT2D eigenvalue weighted by Crippen LogP contribution is 2.27. The Morgan fingerprint density at radius 2 is 1.94 bits per heavy atom. The van der Waals surface area contributed by atoms with Crippen LogP contribution in [0.25, 0.3) is 10.9 Å². The summed E-state index contributed by atoms with van der Waals surface area (Å²) in [5.41, 5.74) is 1.10. The van der Waals surface area contributed by atoms with Crippen LogP contribution in [0.1, 0.15) is 24.2 Å². The molecule has 0 spiro atoms. The fourth-order valence-electron chi connectivity index (χ4n) is 1.69. The van der Waals surface area contributed by atoms with Gasteiger partial charge in [0, 0.05) is 24.1 Å². The van der Waals surface area contributed by atoms with Crippen LogP contribution in [0.3, 0.4) is 0 Å². The van der Waals surface area contributed by atoms with E-state index in [4.69, 9.17) is 4.74 Å². The number of esters is 1. The van der Waals surface area contributed by atoms with Crippen molar-refractivity contribution in [2.75, 3.05) is 0 Å². The molecule has 0 saturated carbocycles. The Kier molecular flexibility index (Phi) is 2.87. The summed E-state index contributed by atoms with van der Waals surface area (Å²) in [4.78, 5) is 26.6. The lowest BCUT2D eigenvalue weighted by atomic mass is 10.0. The number of rotatable bonds is 2. The fourth-order valence-corrected chi connectivity index (χ4v) is 1.69. The lowest BCUT2D eigenvalue weighted by molar-refractivity contribution is -0.131. The topological polar surface area (TPSA) is 56.3 Å². The Morgan fingerprint density at radius 3 is 2.59 bits per heavy atom. The first-order valence-electron chi connectivity index (χ1n) is 5.16. The summed E-state index contributed by atoms with van der Waals surface area (Å²) >= 11 is 0. The van der Waals surface area contributed by atoms with Crippen LogP contribution in [-0.2, 0) is 4.79 Å². The monoisotopic (exact) mass is 229 g/mol. The molecular formula is C13H11NO3. The molecule has 0 atom stereocenters. The third-order valence-electron chi connectivity index (χ3n) is 2.37. The SMILES string of the molecule is CC(=O)Oc1ccc(C(C)=O)c2cccnc12. The van der Waals surface area contributed by atoms with E-state index < -0.39 is 5.97 Å². The second-order valence-corrected chi connectivity index (χ2v) is 3.66. The van der Waals surface area contributed by atoms with Gasteiger partial charge in [0.15, 0.2) is 11.5 Å². The zero-order chi connectivity index (χ0) is 12.4. The molecule has 0 saturated heterocycles. The van der Waals surface area contributed by atoms with Gasteiger partial charge in [-0.1, -0.05) is 6.07 Å². The molecule has 0 aliphatic heterocycles. The molecule has 0 aliphatic rings. The lowest BCUT2D eigenvalue weighted by Crippen LogP contribution is -2.04. The first-order valence-corrected chi connectivity index (χ1v) is 5.16. The van der Waals surface area contributed by atoms with E-state index in [2.05, 4.69) is 4.98 Å². The second-order valence-electron chi connectivity index (χ2n) is 3.66. The first kappa shape index (κ1) is 11.3. The summed E-state index contributed by atoms with van der Waals surface area (Å²) in [7, 11) is 0. The largest absolute Gasteiger partial charge is 0.424 e. The summed E-state index contributed by atoms with van der Waals surface area (Å²) < 4.78 is 5.05. The molecule has 1 aromatic heterocycles. The van der Waals surface area contributed by atoms with E-state index in [-0.39, 0.29) is 5.78 Å². The molecule has 86 valence electrons. The Bertz CT molecular complexity index is 605. The number of nitrogens with zero attached hydrogens (tertiary/aromatic N) is 1. The van der Waals surface area contributed by atoms with Gasteiger partial charge in [-0.3, -0.25) is 14.6 Å². The van der Waals surface area contributed by atoms with Gasteiger partial charge in [-0.05, 0) is 25.1 Å². The van der Waals surface area contributed by atoms with E-state index in [1.165, 1.54) is 13.8 Å². The molecule has 0 aliphatic carbocycles. The van der Waals surface area contributed by atoms with Crippen molar-refractivity contribution < 1.29 is 14.3 Å². The molecule has 0 fully saturated rings. The highest BCUT2D eigenvalue weighted by atomic mass is 16.5. The van der Waals surface area contributed by atoms with Gasteiger partial charge < -0.3 is 4.74 Å². The highest BCUT2D eigenvalue weighted by Gasteiger charge is 2.11. The number of pyridine rings is 1. The minimum Gasteiger partial charge on any atom is -0.424 e. The van der Waals surface area contributed by atoms with Gasteiger partial charge in [0.05, 0.1) is 0 Å². The van der Waals surface area contributed by atoms with Crippen molar-refractivity contribution >= 4 is 22.7 Å².